The molecule has 2 spiro atoms. The van der Waals surface area contributed by atoms with Crippen LogP contribution in [-0.4, -0.2) is 62.9 Å². The minimum atomic E-state index is -1.14. The lowest BCUT2D eigenvalue weighted by Gasteiger charge is -2.49. The predicted octanol–water partition coefficient (Wildman–Crippen LogP) is 4.05. The summed E-state index contributed by atoms with van der Waals surface area (Å²) in [5, 5.41) is 12.8. The minimum Gasteiger partial charge on any atom is -0.487 e. The maximum absolute atomic E-state index is 12.9. The Kier molecular flexibility index (Phi) is 5.40. The van der Waals surface area contributed by atoms with E-state index in [-0.39, 0.29) is 23.7 Å². The highest BCUT2D eigenvalue weighted by molar-refractivity contribution is 6.02. The number of nitrogens with one attached hydrogen (secondary N) is 1. The van der Waals surface area contributed by atoms with E-state index in [0.29, 0.717) is 17.3 Å². The summed E-state index contributed by atoms with van der Waals surface area (Å²) >= 11 is 0. The van der Waals surface area contributed by atoms with Crippen molar-refractivity contribution < 1.29 is 28.9 Å². The van der Waals surface area contributed by atoms with Gasteiger partial charge in [0.2, 0.25) is 5.88 Å². The van der Waals surface area contributed by atoms with Crippen LogP contribution in [-0.2, 0) is 10.3 Å². The van der Waals surface area contributed by atoms with Crippen LogP contribution >= 0.6 is 0 Å². The summed E-state index contributed by atoms with van der Waals surface area (Å²) < 4.78 is 17.5. The van der Waals surface area contributed by atoms with Crippen LogP contribution in [0.5, 0.6) is 11.6 Å². The third-order valence-corrected chi connectivity index (χ3v) is 7.56. The quantitative estimate of drug-likeness (QED) is 0.633. The molecule has 0 radical (unpaired) electrons. The molecule has 2 aromatic rings. The fraction of sp³-hybridized carbons (Fsp3) is 0.500. The number of benzene rings is 1. The van der Waals surface area contributed by atoms with Crippen molar-refractivity contribution in [3.05, 3.63) is 41.9 Å². The van der Waals surface area contributed by atoms with Crippen LogP contribution in [0.2, 0.25) is 0 Å². The lowest BCUT2D eigenvalue weighted by Crippen LogP contribution is -2.55. The Labute approximate surface area is 214 Å². The summed E-state index contributed by atoms with van der Waals surface area (Å²) in [6.45, 7) is 9.63. The molecule has 2 N–H and O–H groups in total. The van der Waals surface area contributed by atoms with Crippen molar-refractivity contribution in [1.82, 2.24) is 14.9 Å². The van der Waals surface area contributed by atoms with Gasteiger partial charge in [0, 0.05) is 22.2 Å². The molecule has 1 atom stereocenters. The first-order valence-electron chi connectivity index (χ1n) is 12.1. The smallest absolute Gasteiger partial charge is 0.415 e. The number of anilines is 1. The van der Waals surface area contributed by atoms with Gasteiger partial charge in [0.25, 0.3) is 11.9 Å². The van der Waals surface area contributed by atoms with Crippen molar-refractivity contribution in [2.75, 3.05) is 19.0 Å². The number of methoxy groups -OCH3 is 1. The van der Waals surface area contributed by atoms with Crippen molar-refractivity contribution in [2.45, 2.75) is 64.1 Å². The Balaban J connectivity index is 1.57. The first-order chi connectivity index (χ1) is 17.3. The van der Waals surface area contributed by atoms with Gasteiger partial charge < -0.3 is 24.6 Å². The number of carboxylic acid groups (broad SMARTS) is 1. The molecule has 2 aliphatic heterocycles. The number of aliphatic imine (C=N–C) groups is 1. The van der Waals surface area contributed by atoms with E-state index in [9.17, 15) is 14.7 Å². The van der Waals surface area contributed by atoms with Gasteiger partial charge in [-0.25, -0.2) is 24.7 Å². The van der Waals surface area contributed by atoms with Gasteiger partial charge in [-0.2, -0.15) is 0 Å². The molecule has 11 nitrogen and oxygen atoms in total. The van der Waals surface area contributed by atoms with Gasteiger partial charge in [-0.1, -0.05) is 0 Å². The van der Waals surface area contributed by atoms with E-state index in [0.717, 1.165) is 23.3 Å². The van der Waals surface area contributed by atoms with Gasteiger partial charge >= 0.3 is 6.09 Å². The maximum Gasteiger partial charge on any atom is 0.415 e. The molecule has 1 aromatic heterocycles. The summed E-state index contributed by atoms with van der Waals surface area (Å²) in [5.74, 6) is 0.498. The SMILES string of the molecule is COc1cnc(C(=O)Nc2ccc3c(c2)[C@@]2(COC(N(C(=O)O)C(C)(C)C)=N2)C2(CC2)C(C)(C)O3)cn1. The molecule has 1 fully saturated rings. The van der Waals surface area contributed by atoms with E-state index < -0.39 is 28.7 Å². The van der Waals surface area contributed by atoms with Gasteiger partial charge in [0.15, 0.2) is 0 Å². The number of ether oxygens (including phenoxy) is 3. The van der Waals surface area contributed by atoms with Gasteiger partial charge in [0.1, 0.15) is 29.2 Å². The monoisotopic (exact) mass is 509 g/mol. The number of amides is 2. The maximum atomic E-state index is 12.9. The van der Waals surface area contributed by atoms with Crippen LogP contribution in [0.15, 0.2) is 35.6 Å². The van der Waals surface area contributed by atoms with Crippen molar-refractivity contribution in [1.29, 1.82) is 0 Å². The molecule has 0 saturated heterocycles. The van der Waals surface area contributed by atoms with E-state index in [4.69, 9.17) is 19.2 Å². The van der Waals surface area contributed by atoms with E-state index >= 15 is 0 Å². The molecule has 3 heterocycles. The molecule has 2 amide bonds. The number of amidine groups is 1. The standard InChI is InChI=1S/C26H31N5O6/c1-23(2,3)31(22(33)34)21-30-26(14-36-21)16-11-15(29-20(32)17-12-28-19(35-6)13-27-17)7-8-18(16)37-24(4,5)25(26)9-10-25/h7-8,11-13H,9-10,14H2,1-6H3,(H,29,32)(H,33,34)/t26-/m0/s1. The molecular weight excluding hydrogens is 478 g/mol. The van der Waals surface area contributed by atoms with Crippen LogP contribution in [0.25, 0.3) is 0 Å². The zero-order valence-corrected chi connectivity index (χ0v) is 21.8. The molecular formula is C26H31N5O6. The molecule has 1 aliphatic carbocycles. The van der Waals surface area contributed by atoms with Crippen molar-refractivity contribution in [3.8, 4) is 11.6 Å². The summed E-state index contributed by atoms with van der Waals surface area (Å²) in [6.07, 6.45) is 3.27. The highest BCUT2D eigenvalue weighted by atomic mass is 16.5. The largest absolute Gasteiger partial charge is 0.487 e. The fourth-order valence-corrected chi connectivity index (χ4v) is 5.57. The first-order valence-corrected chi connectivity index (χ1v) is 12.1. The number of fused-ring (bicyclic) bond motifs is 3. The van der Waals surface area contributed by atoms with E-state index in [1.165, 1.54) is 19.5 Å². The minimum absolute atomic E-state index is 0.0675. The number of carbonyl (C=O) groups excluding carboxylic acids is 1. The first kappa shape index (κ1) is 24.8. The number of hydrogen-bond acceptors (Lipinski definition) is 8. The van der Waals surface area contributed by atoms with Crippen molar-refractivity contribution >= 4 is 23.7 Å². The lowest BCUT2D eigenvalue weighted by atomic mass is 9.66. The Morgan fingerprint density at radius 1 is 1.16 bits per heavy atom. The van der Waals surface area contributed by atoms with Gasteiger partial charge in [0.05, 0.1) is 19.5 Å². The Morgan fingerprint density at radius 2 is 1.89 bits per heavy atom. The molecule has 37 heavy (non-hydrogen) atoms. The molecule has 11 heteroatoms. The number of rotatable bonds is 3. The lowest BCUT2D eigenvalue weighted by molar-refractivity contribution is -0.0481. The van der Waals surface area contributed by atoms with Crippen LogP contribution in [0.1, 0.15) is 63.5 Å². The summed E-state index contributed by atoms with van der Waals surface area (Å²) in [4.78, 5) is 39.4. The Bertz CT molecular complexity index is 1300. The van der Waals surface area contributed by atoms with Crippen LogP contribution in [0.4, 0.5) is 10.5 Å². The van der Waals surface area contributed by atoms with Crippen LogP contribution in [0, 0.1) is 5.41 Å². The average Bonchev–Trinajstić information content (AvgIpc) is 3.54. The third-order valence-electron chi connectivity index (χ3n) is 7.56. The summed E-state index contributed by atoms with van der Waals surface area (Å²) in [7, 11) is 1.47. The fourth-order valence-electron chi connectivity index (χ4n) is 5.57. The summed E-state index contributed by atoms with van der Waals surface area (Å²) in [6, 6.07) is 5.45. The third kappa shape index (κ3) is 3.75. The second-order valence-corrected chi connectivity index (χ2v) is 11.1. The molecule has 196 valence electrons. The molecule has 1 aromatic carbocycles. The number of aromatic nitrogens is 2. The van der Waals surface area contributed by atoms with E-state index in [2.05, 4.69) is 15.3 Å². The topological polar surface area (TPSA) is 135 Å². The predicted molar refractivity (Wildman–Crippen MR) is 134 cm³/mol. The molecule has 5 rings (SSSR count). The van der Waals surface area contributed by atoms with Gasteiger partial charge in [-0.3, -0.25) is 4.79 Å². The second kappa shape index (κ2) is 8.06. The second-order valence-electron chi connectivity index (χ2n) is 11.1. The van der Waals surface area contributed by atoms with Crippen LogP contribution < -0.4 is 14.8 Å². The molecule has 3 aliphatic rings. The number of hydrogen-bond donors (Lipinski definition) is 2. The summed E-state index contributed by atoms with van der Waals surface area (Å²) in [5.41, 5.74) is -1.18. The van der Waals surface area contributed by atoms with Crippen molar-refractivity contribution in [3.63, 3.8) is 0 Å². The van der Waals surface area contributed by atoms with Gasteiger partial charge in [-0.15, -0.1) is 0 Å². The zero-order chi connectivity index (χ0) is 26.8. The molecule has 0 unspecified atom stereocenters. The highest BCUT2D eigenvalue weighted by Crippen LogP contribution is 2.71. The Morgan fingerprint density at radius 3 is 2.46 bits per heavy atom. The zero-order valence-electron chi connectivity index (χ0n) is 21.8. The molecule has 0 bridgehead atoms. The van der Waals surface area contributed by atoms with E-state index in [1.807, 2.05) is 19.9 Å². The Hall–Kier alpha value is -3.89. The number of nitrogens with zero attached hydrogens (tertiary/aromatic N) is 4. The highest BCUT2D eigenvalue weighted by Gasteiger charge is 2.73. The van der Waals surface area contributed by atoms with Gasteiger partial charge in [-0.05, 0) is 65.7 Å². The average molecular weight is 510 g/mol. The molecule has 1 saturated carbocycles. The van der Waals surface area contributed by atoms with Crippen LogP contribution in [0.3, 0.4) is 0 Å². The normalized spacial score (nSPS) is 22.4. The van der Waals surface area contributed by atoms with Crippen molar-refractivity contribution in [2.24, 2.45) is 10.4 Å². The number of carbonyl (C=O) groups is 2. The van der Waals surface area contributed by atoms with E-state index in [1.54, 1.807) is 32.9 Å².